The van der Waals surface area contributed by atoms with Gasteiger partial charge in [0, 0.05) is 148 Å². The van der Waals surface area contributed by atoms with Crippen LogP contribution in [0.5, 0.6) is 0 Å². The average Bonchev–Trinajstić information content (AvgIpc) is 1.68. The Morgan fingerprint density at radius 2 is 0.579 bits per heavy atom. The first kappa shape index (κ1) is 112. The molecule has 4 atom stereocenters. The molecular formula is C106H149F3N20O12S4. The number of carbonyl (C=O) groups excluding carboxylic acids is 8. The molecule has 8 aliphatic rings. The predicted molar refractivity (Wildman–Crippen MR) is 565 cm³/mol. The molecule has 32 nitrogen and oxygen atoms in total. The van der Waals surface area contributed by atoms with Crippen molar-refractivity contribution in [2.45, 2.75) is 373 Å². The van der Waals surface area contributed by atoms with Gasteiger partial charge in [-0.15, -0.1) is 45.3 Å². The minimum atomic E-state index is -4.68. The molecule has 8 fully saturated rings. The Labute approximate surface area is 866 Å². The fourth-order valence-electron chi connectivity index (χ4n) is 19.6. The lowest BCUT2D eigenvalue weighted by Gasteiger charge is -2.33. The van der Waals surface area contributed by atoms with Gasteiger partial charge in [0.2, 0.25) is 0 Å². The maximum atomic E-state index is 14.2. The molecule has 8 aromatic heterocycles. The summed E-state index contributed by atoms with van der Waals surface area (Å²) in [7, 11) is 0. The Balaban J connectivity index is 0.000000162. The number of thiazole rings is 4. The van der Waals surface area contributed by atoms with Gasteiger partial charge in [0.25, 0.3) is 47.3 Å². The van der Waals surface area contributed by atoms with Gasteiger partial charge in [-0.05, 0) is 267 Å². The molecule has 12 N–H and O–H groups in total. The minimum absolute atomic E-state index is 0.0563. The molecule has 4 aliphatic heterocycles. The van der Waals surface area contributed by atoms with Crippen LogP contribution >= 0.6 is 45.3 Å². The van der Waals surface area contributed by atoms with Crippen LogP contribution in [-0.4, -0.2) is 250 Å². The lowest BCUT2D eigenvalue weighted by Crippen LogP contribution is -2.42. The number of aliphatic hydroxyl groups is 4. The summed E-state index contributed by atoms with van der Waals surface area (Å²) in [6.07, 6.45) is 34.2. The fraction of sp³-hybridized carbons (Fsp3) is 0.623. The topological polar surface area (TPSA) is 430 Å². The number of nitrogens with one attached hydrogen (secondary N) is 8. The number of hydrogen-bond donors (Lipinski definition) is 12. The van der Waals surface area contributed by atoms with E-state index in [1.165, 1.54) is 105 Å². The first-order valence-corrected chi connectivity index (χ1v) is 55.3. The van der Waals surface area contributed by atoms with Crippen molar-refractivity contribution in [1.82, 2.24) is 80.7 Å². The van der Waals surface area contributed by atoms with Gasteiger partial charge >= 0.3 is 6.18 Å². The average molecular weight is 2080 g/mol. The molecule has 0 spiro atoms. The summed E-state index contributed by atoms with van der Waals surface area (Å²) >= 11 is 4.46. The molecule has 8 aromatic rings. The number of alkyl halides is 3. The highest BCUT2D eigenvalue weighted by Crippen LogP contribution is 2.44. The van der Waals surface area contributed by atoms with Crippen molar-refractivity contribution < 1.29 is 72.0 Å². The molecule has 0 radical (unpaired) electrons. The maximum absolute atomic E-state index is 14.2. The Bertz CT molecular complexity index is 5810. The van der Waals surface area contributed by atoms with E-state index in [1.807, 2.05) is 67.5 Å². The van der Waals surface area contributed by atoms with Crippen LogP contribution in [0.15, 0.2) is 49.1 Å². The zero-order chi connectivity index (χ0) is 105. The largest absolute Gasteiger partial charge is 0.419 e. The molecule has 12 heterocycles. The summed E-state index contributed by atoms with van der Waals surface area (Å²) in [4.78, 5) is 151. The third-order valence-corrected chi connectivity index (χ3v) is 32.3. The van der Waals surface area contributed by atoms with Crippen molar-refractivity contribution in [3.8, 4) is 41.8 Å². The molecule has 790 valence electrons. The highest BCUT2D eigenvalue weighted by molar-refractivity contribution is 7.18. The summed E-state index contributed by atoms with van der Waals surface area (Å²) in [5, 5.41) is 64.9. The minimum Gasteiger partial charge on any atom is -0.389 e. The molecule has 0 bridgehead atoms. The number of nitrogens with zero attached hydrogens (tertiary/aromatic N) is 12. The number of likely N-dealkylation sites (tertiary alicyclic amines) is 4. The SMILES string of the molecule is C[C@H]1CCCCN1C(=O)c1nc(C(=O)NCC(C)(C)O)sc1-c1cnc(NC2CCCCC2)c(C(F)(F)F)c1.Cc1cc(NC2CCCC2)ncc1-c1sc(C(=O)NCC(C)(C)O)nc1C(=O)N1CCCC[C@@H]1C.Cc1cc(NC2CCCCC2)ncc1-c1sc(C(=O)NCC(C)(C)O)nc1C(=O)N1CCCC[C@@H]1C.Cc1cc(NC2CCCCC2)ncc1-c1sc(C(=O)NCC(C)(C)O)nc1C(=O)N1CCC[C@@H]1C. The number of pyridine rings is 4. The first-order valence-electron chi connectivity index (χ1n) is 52.0. The Hall–Kier alpha value is -10.3. The van der Waals surface area contributed by atoms with Crippen LogP contribution in [0.4, 0.5) is 36.4 Å². The first-order chi connectivity index (χ1) is 68.7. The number of aromatic nitrogens is 8. The normalized spacial score (nSPS) is 19.2. The van der Waals surface area contributed by atoms with E-state index in [0.717, 1.165) is 209 Å². The summed E-state index contributed by atoms with van der Waals surface area (Å²) < 4.78 is 42.6. The molecule has 0 unspecified atom stereocenters. The van der Waals surface area contributed by atoms with Gasteiger partial charge in [-0.1, -0.05) is 70.6 Å². The zero-order valence-electron chi connectivity index (χ0n) is 86.8. The number of piperidine rings is 3. The molecule has 145 heavy (non-hydrogen) atoms. The van der Waals surface area contributed by atoms with Crippen LogP contribution in [0.2, 0.25) is 0 Å². The lowest BCUT2D eigenvalue weighted by molar-refractivity contribution is -0.137. The van der Waals surface area contributed by atoms with Crippen LogP contribution in [0, 0.1) is 20.8 Å². The number of hydrogen-bond acceptors (Lipinski definition) is 28. The van der Waals surface area contributed by atoms with E-state index in [1.54, 1.807) is 65.0 Å². The second-order valence-corrected chi connectivity index (χ2v) is 47.1. The molecule has 39 heteroatoms. The summed E-state index contributed by atoms with van der Waals surface area (Å²) in [6, 6.07) is 8.67. The number of amides is 8. The van der Waals surface area contributed by atoms with Crippen LogP contribution < -0.4 is 42.5 Å². The van der Waals surface area contributed by atoms with Gasteiger partial charge in [0.05, 0.1) is 47.5 Å². The molecule has 4 saturated heterocycles. The number of anilines is 4. The van der Waals surface area contributed by atoms with E-state index in [2.05, 4.69) is 96.3 Å². The van der Waals surface area contributed by atoms with Crippen LogP contribution in [0.25, 0.3) is 41.8 Å². The summed E-state index contributed by atoms with van der Waals surface area (Å²) in [5.41, 5.74) is 1.08. The third kappa shape index (κ3) is 31.0. The molecule has 4 saturated carbocycles. The number of rotatable bonds is 28. The van der Waals surface area contributed by atoms with E-state index < -0.39 is 63.7 Å². The predicted octanol–water partition coefficient (Wildman–Crippen LogP) is 19.0. The second kappa shape index (κ2) is 49.7. The van der Waals surface area contributed by atoms with E-state index in [0.29, 0.717) is 76.0 Å². The summed E-state index contributed by atoms with van der Waals surface area (Å²) in [6.45, 7) is 29.8. The van der Waals surface area contributed by atoms with Crippen molar-refractivity contribution in [3.05, 3.63) is 114 Å². The highest BCUT2D eigenvalue weighted by Gasteiger charge is 2.41. The molecule has 0 aromatic carbocycles. The van der Waals surface area contributed by atoms with Crippen LogP contribution in [-0.2, 0) is 6.18 Å². The van der Waals surface area contributed by atoms with Crippen molar-refractivity contribution in [2.75, 3.05) is 73.6 Å². The third-order valence-electron chi connectivity index (χ3n) is 27.9. The van der Waals surface area contributed by atoms with Crippen molar-refractivity contribution in [3.63, 3.8) is 0 Å². The van der Waals surface area contributed by atoms with Gasteiger partial charge in [-0.25, -0.2) is 39.9 Å². The number of carbonyl (C=O) groups is 8. The number of aryl methyl sites for hydroxylation is 3. The Morgan fingerprint density at radius 1 is 0.331 bits per heavy atom. The van der Waals surface area contributed by atoms with E-state index in [9.17, 15) is 72.0 Å². The van der Waals surface area contributed by atoms with Crippen molar-refractivity contribution in [1.29, 1.82) is 0 Å². The zero-order valence-corrected chi connectivity index (χ0v) is 90.1. The van der Waals surface area contributed by atoms with E-state index in [-0.39, 0.29) is 116 Å². The monoisotopic (exact) mass is 2080 g/mol. The van der Waals surface area contributed by atoms with E-state index >= 15 is 0 Å². The standard InChI is InChI=1S/C27H36F3N5O3S.C27H39N5O3S.2C26H37N5O3S/c1-16-9-7-8-12-35(16)25(37)20-21(39-24(34-20)23(36)32-15-26(2,3)38)17-13-19(27(28,29)30)22(31-14-17)33-18-10-5-4-6-11-18;1-17-14-21(30-19-11-6-5-7-12-19)28-15-20(17)23-22(26(34)32-13-9-8-10-18(32)2)31-25(36-23)24(33)29-16-27(3,4)35;1-16-13-20(29-18-10-5-6-11-18)27-14-19(16)22-21(25(33)31-12-8-7-9-17(31)2)30-24(35-22)23(32)28-15-26(3,4)34;1-16-13-20(29-18-10-6-5-7-11-18)27-14-19(16)22-21(25(33)31-12-8-9-17(31)2)30-24(35-22)23(32)28-15-26(3,4)34/h13-14,16,18,38H,4-12,15H2,1-3H3,(H,31,33)(H,32,36);14-15,18-19,35H,5-13,16H2,1-4H3,(H,28,30)(H,29,33);2*13-14,17-18,34H,5-12,15H2,1-4H3,(H,27,29)(H,28,32)/t16-;18-;2*17-/m0000/s1. The van der Waals surface area contributed by atoms with Crippen LogP contribution in [0.1, 0.15) is 379 Å². The van der Waals surface area contributed by atoms with Gasteiger partial charge in [-0.3, -0.25) is 38.4 Å². The number of halogens is 3. The fourth-order valence-corrected chi connectivity index (χ4v) is 23.7. The highest BCUT2D eigenvalue weighted by atomic mass is 32.1. The second-order valence-electron chi connectivity index (χ2n) is 43.1. The molecule has 16 rings (SSSR count). The van der Waals surface area contributed by atoms with Crippen molar-refractivity contribution >= 4 is 116 Å². The van der Waals surface area contributed by atoms with Crippen LogP contribution in [0.3, 0.4) is 0 Å². The quantitative estimate of drug-likeness (QED) is 0.0217. The molecule has 8 amide bonds. The van der Waals surface area contributed by atoms with Gasteiger partial charge in [0.1, 0.15) is 46.0 Å². The Kier molecular flexibility index (Phi) is 38.3. The Morgan fingerprint density at radius 3 is 0.834 bits per heavy atom. The maximum Gasteiger partial charge on any atom is 0.419 e. The molecular weight excluding hydrogens is 1930 g/mol. The summed E-state index contributed by atoms with van der Waals surface area (Å²) in [5.74, 6) is -0.367. The van der Waals surface area contributed by atoms with Gasteiger partial charge in [0.15, 0.2) is 20.0 Å². The lowest BCUT2D eigenvalue weighted by atomic mass is 9.95. The van der Waals surface area contributed by atoms with Gasteiger partial charge in [-0.2, -0.15) is 13.2 Å². The van der Waals surface area contributed by atoms with E-state index in [4.69, 9.17) is 0 Å². The van der Waals surface area contributed by atoms with Gasteiger partial charge < -0.3 is 82.6 Å². The van der Waals surface area contributed by atoms with Crippen molar-refractivity contribution in [2.24, 2.45) is 0 Å². The molecule has 4 aliphatic carbocycles. The smallest absolute Gasteiger partial charge is 0.389 e.